The van der Waals surface area contributed by atoms with E-state index < -0.39 is 0 Å². The van der Waals surface area contributed by atoms with Crippen LogP contribution in [0.5, 0.6) is 0 Å². The minimum atomic E-state index is -0.164. The van der Waals surface area contributed by atoms with Gasteiger partial charge < -0.3 is 5.32 Å². The molecule has 27 heavy (non-hydrogen) atoms. The third kappa shape index (κ3) is 5.70. The van der Waals surface area contributed by atoms with Crippen LogP contribution >= 0.6 is 23.4 Å². The van der Waals surface area contributed by atoms with E-state index in [-0.39, 0.29) is 17.7 Å². The predicted molar refractivity (Wildman–Crippen MR) is 110 cm³/mol. The number of hydrogen-bond donors (Lipinski definition) is 2. The van der Waals surface area contributed by atoms with E-state index >= 15 is 0 Å². The molecule has 138 valence electrons. The summed E-state index contributed by atoms with van der Waals surface area (Å²) in [7, 11) is 0. The zero-order valence-corrected chi connectivity index (χ0v) is 16.3. The van der Waals surface area contributed by atoms with Crippen molar-refractivity contribution in [1.82, 2.24) is 20.5 Å². The quantitative estimate of drug-likeness (QED) is 0.570. The summed E-state index contributed by atoms with van der Waals surface area (Å²) in [5.41, 5.74) is 1.97. The van der Waals surface area contributed by atoms with E-state index in [4.69, 9.17) is 11.6 Å². The zero-order valence-electron chi connectivity index (χ0n) is 14.7. The van der Waals surface area contributed by atoms with Crippen molar-refractivity contribution in [2.24, 2.45) is 0 Å². The zero-order chi connectivity index (χ0) is 19.1. The second-order valence-corrected chi connectivity index (χ2v) is 7.20. The average molecular weight is 399 g/mol. The highest BCUT2D eigenvalue weighted by Crippen LogP contribution is 2.22. The van der Waals surface area contributed by atoms with Crippen molar-refractivity contribution in [2.75, 3.05) is 5.75 Å². The fraction of sp³-hybridized carbons (Fsp3) is 0.150. The van der Waals surface area contributed by atoms with E-state index in [1.165, 1.54) is 11.8 Å². The molecule has 1 heterocycles. The molecule has 7 heteroatoms. The van der Waals surface area contributed by atoms with Crippen molar-refractivity contribution in [3.05, 3.63) is 76.6 Å². The Balaban J connectivity index is 1.50. The van der Waals surface area contributed by atoms with Crippen LogP contribution in [0.2, 0.25) is 5.02 Å². The van der Waals surface area contributed by atoms with Crippen LogP contribution in [0.1, 0.15) is 29.9 Å². The normalized spacial score (nSPS) is 12.2. The number of benzene rings is 2. The third-order valence-electron chi connectivity index (χ3n) is 3.80. The van der Waals surface area contributed by atoms with Crippen LogP contribution in [0.4, 0.5) is 0 Å². The van der Waals surface area contributed by atoms with Gasteiger partial charge in [-0.15, -0.1) is 5.10 Å². The van der Waals surface area contributed by atoms with Crippen molar-refractivity contribution < 1.29 is 4.79 Å². The topological polar surface area (TPSA) is 70.7 Å². The van der Waals surface area contributed by atoms with Gasteiger partial charge in [0.15, 0.2) is 0 Å². The molecule has 0 bridgehead atoms. The van der Waals surface area contributed by atoms with Gasteiger partial charge in [0.1, 0.15) is 5.82 Å². The Labute approximate surface area is 167 Å². The smallest absolute Gasteiger partial charge is 0.230 e. The molecular weight excluding hydrogens is 380 g/mol. The van der Waals surface area contributed by atoms with Gasteiger partial charge in [-0.05, 0) is 30.2 Å². The number of carbonyl (C=O) groups is 1. The van der Waals surface area contributed by atoms with E-state index in [0.717, 1.165) is 11.1 Å². The first-order chi connectivity index (χ1) is 13.1. The fourth-order valence-corrected chi connectivity index (χ4v) is 3.37. The summed E-state index contributed by atoms with van der Waals surface area (Å²) in [4.78, 5) is 16.5. The van der Waals surface area contributed by atoms with E-state index in [1.54, 1.807) is 0 Å². The van der Waals surface area contributed by atoms with Gasteiger partial charge >= 0.3 is 0 Å². The van der Waals surface area contributed by atoms with E-state index in [0.29, 0.717) is 16.0 Å². The van der Waals surface area contributed by atoms with Gasteiger partial charge in [-0.25, -0.2) is 4.98 Å². The van der Waals surface area contributed by atoms with Crippen LogP contribution in [-0.4, -0.2) is 26.8 Å². The highest BCUT2D eigenvalue weighted by atomic mass is 35.5. The van der Waals surface area contributed by atoms with Crippen LogP contribution < -0.4 is 5.32 Å². The molecule has 0 fully saturated rings. The largest absolute Gasteiger partial charge is 0.349 e. The van der Waals surface area contributed by atoms with E-state index in [2.05, 4.69) is 20.5 Å². The summed E-state index contributed by atoms with van der Waals surface area (Å²) in [5.74, 6) is 0.777. The highest BCUT2D eigenvalue weighted by molar-refractivity contribution is 7.99. The van der Waals surface area contributed by atoms with Gasteiger partial charge in [0.2, 0.25) is 11.1 Å². The van der Waals surface area contributed by atoms with E-state index in [9.17, 15) is 4.79 Å². The molecule has 3 aromatic rings. The number of rotatable bonds is 7. The first kappa shape index (κ1) is 19.2. The monoisotopic (exact) mass is 398 g/mol. The number of nitrogens with zero attached hydrogens (tertiary/aromatic N) is 2. The van der Waals surface area contributed by atoms with E-state index in [1.807, 2.05) is 73.7 Å². The van der Waals surface area contributed by atoms with Crippen molar-refractivity contribution in [2.45, 2.75) is 18.1 Å². The van der Waals surface area contributed by atoms with Crippen molar-refractivity contribution in [1.29, 1.82) is 0 Å². The molecule has 2 N–H and O–H groups in total. The van der Waals surface area contributed by atoms with Crippen LogP contribution in [0.25, 0.3) is 12.2 Å². The Morgan fingerprint density at radius 2 is 1.93 bits per heavy atom. The number of amides is 1. The lowest BCUT2D eigenvalue weighted by Crippen LogP contribution is -2.28. The number of thioether (sulfide) groups is 1. The molecule has 1 aromatic heterocycles. The summed E-state index contributed by atoms with van der Waals surface area (Å²) in [6, 6.07) is 17.3. The number of hydrogen-bond acceptors (Lipinski definition) is 4. The molecule has 0 radical (unpaired) electrons. The Morgan fingerprint density at radius 3 is 2.70 bits per heavy atom. The summed E-state index contributed by atoms with van der Waals surface area (Å²) in [6.45, 7) is 1.91. The Kier molecular flexibility index (Phi) is 6.68. The molecule has 0 spiro atoms. The SMILES string of the molecule is CC(NC(=O)CSc1n[nH]c(/C=C/c2ccccc2)n1)c1ccccc1Cl. The number of aromatic amines is 1. The molecule has 0 aliphatic carbocycles. The minimum absolute atomic E-state index is 0.0985. The molecule has 1 atom stereocenters. The fourth-order valence-electron chi connectivity index (χ4n) is 2.45. The standard InChI is InChI=1S/C20H19ClN4OS/c1-14(16-9-5-6-10-17(16)21)22-19(26)13-27-20-23-18(24-25-20)12-11-15-7-3-2-4-8-15/h2-12,14H,13H2,1H3,(H,22,26)(H,23,24,25)/b12-11+. The van der Waals surface area contributed by atoms with Gasteiger partial charge in [0.05, 0.1) is 11.8 Å². The number of nitrogens with one attached hydrogen (secondary N) is 2. The molecular formula is C20H19ClN4OS. The van der Waals surface area contributed by atoms with Crippen molar-refractivity contribution in [3.63, 3.8) is 0 Å². The van der Waals surface area contributed by atoms with Gasteiger partial charge in [-0.1, -0.05) is 78.0 Å². The molecule has 0 saturated heterocycles. The average Bonchev–Trinajstić information content (AvgIpc) is 3.14. The highest BCUT2D eigenvalue weighted by Gasteiger charge is 2.13. The Morgan fingerprint density at radius 1 is 1.19 bits per heavy atom. The molecule has 1 unspecified atom stereocenters. The second-order valence-electron chi connectivity index (χ2n) is 5.85. The molecule has 0 aliphatic heterocycles. The maximum atomic E-state index is 12.2. The molecule has 3 rings (SSSR count). The molecule has 0 saturated carbocycles. The summed E-state index contributed by atoms with van der Waals surface area (Å²) in [5, 5.41) is 11.1. The molecule has 1 amide bonds. The predicted octanol–water partition coefficient (Wildman–Crippen LogP) is 4.60. The summed E-state index contributed by atoms with van der Waals surface area (Å²) in [6.07, 6.45) is 3.80. The summed E-state index contributed by atoms with van der Waals surface area (Å²) >= 11 is 7.45. The van der Waals surface area contributed by atoms with Crippen LogP contribution in [-0.2, 0) is 4.79 Å². The maximum absolute atomic E-state index is 12.2. The molecule has 0 aliphatic rings. The lowest BCUT2D eigenvalue weighted by atomic mass is 10.1. The minimum Gasteiger partial charge on any atom is -0.349 e. The lowest BCUT2D eigenvalue weighted by Gasteiger charge is -2.15. The Hall–Kier alpha value is -2.57. The van der Waals surface area contributed by atoms with Gasteiger partial charge in [0, 0.05) is 5.02 Å². The second kappa shape index (κ2) is 9.39. The number of carbonyl (C=O) groups excluding carboxylic acids is 1. The first-order valence-electron chi connectivity index (χ1n) is 8.44. The molecule has 5 nitrogen and oxygen atoms in total. The lowest BCUT2D eigenvalue weighted by molar-refractivity contribution is -0.119. The number of H-pyrrole nitrogens is 1. The van der Waals surface area contributed by atoms with Crippen LogP contribution in [0, 0.1) is 0 Å². The van der Waals surface area contributed by atoms with Crippen molar-refractivity contribution in [3.8, 4) is 0 Å². The van der Waals surface area contributed by atoms with Gasteiger partial charge in [-0.2, -0.15) is 0 Å². The van der Waals surface area contributed by atoms with Gasteiger partial charge in [-0.3, -0.25) is 9.89 Å². The molecule has 2 aromatic carbocycles. The first-order valence-corrected chi connectivity index (χ1v) is 9.80. The third-order valence-corrected chi connectivity index (χ3v) is 4.99. The van der Waals surface area contributed by atoms with Gasteiger partial charge in [0.25, 0.3) is 0 Å². The van der Waals surface area contributed by atoms with Crippen LogP contribution in [0.3, 0.4) is 0 Å². The summed E-state index contributed by atoms with van der Waals surface area (Å²) < 4.78 is 0. The van der Waals surface area contributed by atoms with Crippen LogP contribution in [0.15, 0.2) is 59.8 Å². The maximum Gasteiger partial charge on any atom is 0.230 e. The number of halogens is 1. The number of aromatic nitrogens is 3. The van der Waals surface area contributed by atoms with Crippen molar-refractivity contribution >= 4 is 41.4 Å². The Bertz CT molecular complexity index is 926.